The Morgan fingerprint density at radius 1 is 1.12 bits per heavy atom. The number of ether oxygens (including phenoxy) is 2. The van der Waals surface area contributed by atoms with Crippen LogP contribution >= 0.6 is 0 Å². The van der Waals surface area contributed by atoms with Crippen LogP contribution in [0.5, 0.6) is 5.75 Å². The second-order valence-corrected chi connectivity index (χ2v) is 9.86. The molecule has 32 heavy (non-hydrogen) atoms. The van der Waals surface area contributed by atoms with Crippen molar-refractivity contribution >= 4 is 29.2 Å². The van der Waals surface area contributed by atoms with Gasteiger partial charge in [-0.25, -0.2) is 0 Å². The van der Waals surface area contributed by atoms with Gasteiger partial charge in [-0.1, -0.05) is 6.07 Å². The molecule has 3 heterocycles. The smallest absolute Gasteiger partial charge is 0.306 e. The van der Waals surface area contributed by atoms with Gasteiger partial charge in [0, 0.05) is 25.9 Å². The van der Waals surface area contributed by atoms with Crippen LogP contribution in [0.2, 0.25) is 0 Å². The normalized spacial score (nSPS) is 22.2. The van der Waals surface area contributed by atoms with Gasteiger partial charge in [0.2, 0.25) is 11.8 Å². The van der Waals surface area contributed by atoms with E-state index in [4.69, 9.17) is 9.47 Å². The third kappa shape index (κ3) is 5.00. The van der Waals surface area contributed by atoms with Crippen molar-refractivity contribution < 1.29 is 23.9 Å². The van der Waals surface area contributed by atoms with Crippen molar-refractivity contribution in [3.63, 3.8) is 0 Å². The molecule has 0 saturated carbocycles. The Bertz CT molecular complexity index is 886. The fourth-order valence-corrected chi connectivity index (χ4v) is 4.80. The monoisotopic (exact) mass is 443 g/mol. The van der Waals surface area contributed by atoms with E-state index in [1.165, 1.54) is 0 Å². The quantitative estimate of drug-likeness (QED) is 0.565. The zero-order valence-corrected chi connectivity index (χ0v) is 19.2. The SMILES string of the molecule is CC(C)(C)OC(=O)CC1CCN(c2cccc3c2OCCN3C2CCC(=O)NC2=O)CC1. The van der Waals surface area contributed by atoms with Gasteiger partial charge in [-0.3, -0.25) is 19.7 Å². The molecule has 3 aliphatic rings. The van der Waals surface area contributed by atoms with Crippen LogP contribution in [0.1, 0.15) is 52.9 Å². The van der Waals surface area contributed by atoms with E-state index in [2.05, 4.69) is 21.2 Å². The van der Waals surface area contributed by atoms with Crippen molar-refractivity contribution in [3.05, 3.63) is 18.2 Å². The summed E-state index contributed by atoms with van der Waals surface area (Å²) in [6.45, 7) is 8.47. The van der Waals surface area contributed by atoms with Crippen LogP contribution in [0, 0.1) is 5.92 Å². The molecule has 2 saturated heterocycles. The highest BCUT2D eigenvalue weighted by molar-refractivity contribution is 6.02. The minimum Gasteiger partial charge on any atom is -0.487 e. The number of anilines is 2. The fourth-order valence-electron chi connectivity index (χ4n) is 4.80. The first kappa shape index (κ1) is 22.4. The van der Waals surface area contributed by atoms with Crippen LogP contribution < -0.4 is 19.9 Å². The van der Waals surface area contributed by atoms with Gasteiger partial charge in [0.1, 0.15) is 18.2 Å². The highest BCUT2D eigenvalue weighted by Gasteiger charge is 2.36. The van der Waals surface area contributed by atoms with Crippen LogP contribution in [0.15, 0.2) is 18.2 Å². The first-order chi connectivity index (χ1) is 15.2. The molecule has 0 spiro atoms. The predicted molar refractivity (Wildman–Crippen MR) is 121 cm³/mol. The van der Waals surface area contributed by atoms with Crippen molar-refractivity contribution in [1.29, 1.82) is 0 Å². The highest BCUT2D eigenvalue weighted by atomic mass is 16.6. The summed E-state index contributed by atoms with van der Waals surface area (Å²) in [6, 6.07) is 5.68. The Labute approximate surface area is 189 Å². The molecule has 1 aromatic rings. The number of carbonyl (C=O) groups is 3. The number of imide groups is 1. The van der Waals surface area contributed by atoms with Gasteiger partial charge in [-0.05, 0) is 58.1 Å². The van der Waals surface area contributed by atoms with E-state index < -0.39 is 5.60 Å². The predicted octanol–water partition coefficient (Wildman–Crippen LogP) is 2.64. The molecule has 2 amide bonds. The van der Waals surface area contributed by atoms with Crippen molar-refractivity contribution in [1.82, 2.24) is 5.32 Å². The van der Waals surface area contributed by atoms with Crippen molar-refractivity contribution in [2.45, 2.75) is 64.5 Å². The fraction of sp³-hybridized carbons (Fsp3) is 0.625. The molecule has 3 aliphatic heterocycles. The number of carbonyl (C=O) groups excluding carboxylic acids is 3. The van der Waals surface area contributed by atoms with E-state index in [0.717, 1.165) is 43.1 Å². The number of para-hydroxylation sites is 1. The van der Waals surface area contributed by atoms with Crippen molar-refractivity contribution in [3.8, 4) is 5.75 Å². The number of hydrogen-bond donors (Lipinski definition) is 1. The van der Waals surface area contributed by atoms with Crippen LogP contribution in [0.25, 0.3) is 0 Å². The van der Waals surface area contributed by atoms with E-state index in [-0.39, 0.29) is 23.8 Å². The first-order valence-corrected chi connectivity index (χ1v) is 11.5. The van der Waals surface area contributed by atoms with E-state index >= 15 is 0 Å². The second-order valence-electron chi connectivity index (χ2n) is 9.86. The summed E-state index contributed by atoms with van der Waals surface area (Å²) in [5, 5.41) is 2.46. The number of nitrogens with zero attached hydrogens (tertiary/aromatic N) is 2. The number of nitrogens with one attached hydrogen (secondary N) is 1. The molecule has 1 atom stereocenters. The number of esters is 1. The first-order valence-electron chi connectivity index (χ1n) is 11.5. The van der Waals surface area contributed by atoms with Gasteiger partial charge in [-0.15, -0.1) is 0 Å². The number of amides is 2. The van der Waals surface area contributed by atoms with Crippen molar-refractivity contribution in [2.24, 2.45) is 5.92 Å². The zero-order chi connectivity index (χ0) is 22.9. The molecule has 0 aliphatic carbocycles. The summed E-state index contributed by atoms with van der Waals surface area (Å²) in [4.78, 5) is 40.6. The van der Waals surface area contributed by atoms with Gasteiger partial charge in [0.15, 0.2) is 5.75 Å². The van der Waals surface area contributed by atoms with Crippen LogP contribution in [0.4, 0.5) is 11.4 Å². The highest BCUT2D eigenvalue weighted by Crippen LogP contribution is 2.43. The standard InChI is InChI=1S/C24H33N3O5/c1-24(2,3)32-21(29)15-16-9-11-26(12-10-16)17-5-4-6-18-22(17)31-14-13-27(18)19-7-8-20(28)25-23(19)30/h4-6,16,19H,7-15H2,1-3H3,(H,25,28,30). The maximum absolute atomic E-state index is 12.4. The molecule has 8 heteroatoms. The Morgan fingerprint density at radius 3 is 2.53 bits per heavy atom. The average molecular weight is 444 g/mol. The zero-order valence-electron chi connectivity index (χ0n) is 19.2. The number of piperidine rings is 2. The molecule has 0 aromatic heterocycles. The Hall–Kier alpha value is -2.77. The van der Waals surface area contributed by atoms with Gasteiger partial charge < -0.3 is 19.3 Å². The molecule has 0 radical (unpaired) electrons. The van der Waals surface area contributed by atoms with Gasteiger partial charge in [0.05, 0.1) is 17.9 Å². The summed E-state index contributed by atoms with van der Waals surface area (Å²) >= 11 is 0. The molecular weight excluding hydrogens is 410 g/mol. The molecule has 174 valence electrons. The third-order valence-electron chi connectivity index (χ3n) is 6.28. The lowest BCUT2D eigenvalue weighted by Crippen LogP contribution is -2.54. The molecule has 4 rings (SSSR count). The minimum absolute atomic E-state index is 0.128. The molecule has 1 unspecified atom stereocenters. The molecule has 2 fully saturated rings. The maximum Gasteiger partial charge on any atom is 0.306 e. The topological polar surface area (TPSA) is 88.2 Å². The molecule has 1 aromatic carbocycles. The van der Waals surface area contributed by atoms with Gasteiger partial charge in [-0.2, -0.15) is 0 Å². The van der Waals surface area contributed by atoms with E-state index in [1.54, 1.807) is 0 Å². The Kier molecular flexibility index (Phi) is 6.31. The van der Waals surface area contributed by atoms with Crippen LogP contribution in [-0.2, 0) is 19.1 Å². The number of rotatable bonds is 4. The van der Waals surface area contributed by atoms with E-state index in [1.807, 2.05) is 32.9 Å². The van der Waals surface area contributed by atoms with Gasteiger partial charge in [0.25, 0.3) is 0 Å². The summed E-state index contributed by atoms with van der Waals surface area (Å²) in [5.41, 5.74) is 1.47. The number of hydrogen-bond acceptors (Lipinski definition) is 7. The van der Waals surface area contributed by atoms with E-state index in [9.17, 15) is 14.4 Å². The number of fused-ring (bicyclic) bond motifs is 1. The lowest BCUT2D eigenvalue weighted by atomic mass is 9.93. The third-order valence-corrected chi connectivity index (χ3v) is 6.28. The summed E-state index contributed by atoms with van der Waals surface area (Å²) in [5.74, 6) is 0.553. The molecule has 8 nitrogen and oxygen atoms in total. The maximum atomic E-state index is 12.4. The average Bonchev–Trinajstić information content (AvgIpc) is 2.72. The second kappa shape index (κ2) is 9.00. The largest absolute Gasteiger partial charge is 0.487 e. The number of benzene rings is 1. The Balaban J connectivity index is 1.43. The van der Waals surface area contributed by atoms with E-state index in [0.29, 0.717) is 38.3 Å². The van der Waals surface area contributed by atoms with Crippen LogP contribution in [0.3, 0.4) is 0 Å². The molecule has 0 bridgehead atoms. The minimum atomic E-state index is -0.452. The lowest BCUT2D eigenvalue weighted by molar-refractivity contribution is -0.156. The molecule has 1 N–H and O–H groups in total. The van der Waals surface area contributed by atoms with Crippen LogP contribution in [-0.4, -0.2) is 55.7 Å². The van der Waals surface area contributed by atoms with Gasteiger partial charge >= 0.3 is 5.97 Å². The Morgan fingerprint density at radius 2 is 1.84 bits per heavy atom. The summed E-state index contributed by atoms with van der Waals surface area (Å²) in [7, 11) is 0. The lowest BCUT2D eigenvalue weighted by Gasteiger charge is -2.40. The summed E-state index contributed by atoms with van der Waals surface area (Å²) < 4.78 is 11.6. The summed E-state index contributed by atoms with van der Waals surface area (Å²) in [6.07, 6.45) is 3.16. The van der Waals surface area contributed by atoms with Crippen molar-refractivity contribution in [2.75, 3.05) is 36.0 Å². The molecular formula is C24H33N3O5.